The Balaban J connectivity index is 1.47. The Bertz CT molecular complexity index is 1460. The highest BCUT2D eigenvalue weighted by molar-refractivity contribution is 6.04. The molecular weight excluding hydrogens is 497 g/mol. The average molecular weight is 525 g/mol. The molecule has 1 amide bonds. The highest BCUT2D eigenvalue weighted by Gasteiger charge is 2.38. The van der Waals surface area contributed by atoms with Crippen LogP contribution in [-0.2, 0) is 11.7 Å². The minimum absolute atomic E-state index is 0.192. The van der Waals surface area contributed by atoms with Crippen LogP contribution < -0.4 is 16.8 Å². The van der Waals surface area contributed by atoms with Gasteiger partial charge < -0.3 is 16.8 Å². The van der Waals surface area contributed by atoms with E-state index in [1.165, 1.54) is 6.33 Å². The van der Waals surface area contributed by atoms with Crippen LogP contribution >= 0.6 is 0 Å². The monoisotopic (exact) mass is 524 g/mol. The first-order chi connectivity index (χ1) is 18.2. The number of alkyl halides is 3. The van der Waals surface area contributed by atoms with Gasteiger partial charge in [0.25, 0.3) is 5.91 Å². The summed E-state index contributed by atoms with van der Waals surface area (Å²) in [4.78, 5) is 25.2. The van der Waals surface area contributed by atoms with Gasteiger partial charge in [-0.05, 0) is 56.5 Å². The fraction of sp³-hybridized carbons (Fsp3) is 0.346. The molecule has 0 bridgehead atoms. The van der Waals surface area contributed by atoms with Gasteiger partial charge in [0, 0.05) is 17.3 Å². The zero-order valence-electron chi connectivity index (χ0n) is 20.5. The van der Waals surface area contributed by atoms with E-state index >= 15 is 0 Å². The van der Waals surface area contributed by atoms with E-state index in [0.717, 1.165) is 56.9 Å². The number of carbonyl (C=O) groups is 1. The predicted octanol–water partition coefficient (Wildman–Crippen LogP) is 4.75. The van der Waals surface area contributed by atoms with Crippen LogP contribution in [0.1, 0.15) is 54.4 Å². The first kappa shape index (κ1) is 25.6. The van der Waals surface area contributed by atoms with Crippen molar-refractivity contribution in [1.82, 2.24) is 24.7 Å². The number of pyridine rings is 1. The summed E-state index contributed by atoms with van der Waals surface area (Å²) >= 11 is 0. The molecule has 1 aromatic carbocycles. The van der Waals surface area contributed by atoms with E-state index in [2.05, 4.69) is 20.3 Å². The van der Waals surface area contributed by atoms with Crippen molar-refractivity contribution in [1.29, 1.82) is 0 Å². The second-order valence-corrected chi connectivity index (χ2v) is 9.50. The zero-order chi connectivity index (χ0) is 26.9. The number of halogens is 3. The van der Waals surface area contributed by atoms with E-state index in [-0.39, 0.29) is 16.9 Å². The van der Waals surface area contributed by atoms with Crippen molar-refractivity contribution in [3.05, 3.63) is 60.0 Å². The third-order valence-corrected chi connectivity index (χ3v) is 7.07. The molecule has 9 nitrogen and oxygen atoms in total. The molecule has 1 aliphatic rings. The van der Waals surface area contributed by atoms with Crippen molar-refractivity contribution >= 4 is 28.6 Å². The lowest BCUT2D eigenvalue weighted by Crippen LogP contribution is -2.32. The third-order valence-electron chi connectivity index (χ3n) is 7.07. The Hall–Kier alpha value is -4.06. The number of nitrogens with one attached hydrogen (secondary N) is 1. The molecule has 0 saturated heterocycles. The first-order valence-corrected chi connectivity index (χ1v) is 12.4. The van der Waals surface area contributed by atoms with E-state index in [0.29, 0.717) is 34.7 Å². The SMILES string of the molecule is NCCCC1(n2nc(-c3ccc(C(=O)Nc4cc(C(F)(F)F)ccn4)cc3)c3c(N)ncnc32)CCCC1. The predicted molar refractivity (Wildman–Crippen MR) is 137 cm³/mol. The second-order valence-electron chi connectivity index (χ2n) is 9.50. The number of nitrogens with zero attached hydrogens (tertiary/aromatic N) is 5. The molecule has 0 aliphatic heterocycles. The lowest BCUT2D eigenvalue weighted by molar-refractivity contribution is -0.137. The minimum atomic E-state index is -4.54. The second kappa shape index (κ2) is 10.0. The summed E-state index contributed by atoms with van der Waals surface area (Å²) in [6.07, 6.45) is 3.75. The molecule has 0 radical (unpaired) electrons. The Labute approximate surface area is 216 Å². The van der Waals surface area contributed by atoms with Gasteiger partial charge in [-0.25, -0.2) is 19.6 Å². The molecule has 0 atom stereocenters. The molecule has 3 heterocycles. The summed E-state index contributed by atoms with van der Waals surface area (Å²) in [6.45, 7) is 0.588. The van der Waals surface area contributed by atoms with Crippen molar-refractivity contribution in [2.24, 2.45) is 5.73 Å². The maximum absolute atomic E-state index is 13.0. The molecule has 0 spiro atoms. The van der Waals surface area contributed by atoms with Gasteiger partial charge >= 0.3 is 6.18 Å². The van der Waals surface area contributed by atoms with Crippen molar-refractivity contribution in [2.75, 3.05) is 17.6 Å². The van der Waals surface area contributed by atoms with Gasteiger partial charge in [-0.1, -0.05) is 25.0 Å². The van der Waals surface area contributed by atoms with E-state index in [9.17, 15) is 18.0 Å². The number of fused-ring (bicyclic) bond motifs is 1. The van der Waals surface area contributed by atoms with Crippen LogP contribution in [-0.4, -0.2) is 37.2 Å². The maximum atomic E-state index is 13.0. The Morgan fingerprint density at radius 1 is 1.08 bits per heavy atom. The number of nitrogen functional groups attached to an aromatic ring is 1. The number of anilines is 2. The molecule has 0 unspecified atom stereocenters. The van der Waals surface area contributed by atoms with Gasteiger partial charge in [-0.15, -0.1) is 0 Å². The van der Waals surface area contributed by atoms with E-state index in [4.69, 9.17) is 16.6 Å². The standard InChI is InChI=1S/C26H27F3N8O/c27-26(28,29)18-8-13-32-19(14-18)35-24(38)17-6-4-16(5-7-17)21-20-22(31)33-15-34-23(20)37(36-21)25(11-3-12-30)9-1-2-10-25/h4-8,13-15H,1-3,9-12,30H2,(H2,31,33,34)(H,32,35,38). The summed E-state index contributed by atoms with van der Waals surface area (Å²) in [5, 5.41) is 8.03. The van der Waals surface area contributed by atoms with Crippen molar-refractivity contribution in [2.45, 2.75) is 50.2 Å². The number of carbonyl (C=O) groups excluding carboxylic acids is 1. The molecule has 198 valence electrons. The normalized spacial score (nSPS) is 15.2. The van der Waals surface area contributed by atoms with Crippen LogP contribution in [0.15, 0.2) is 48.9 Å². The maximum Gasteiger partial charge on any atom is 0.416 e. The topological polar surface area (TPSA) is 138 Å². The summed E-state index contributed by atoms with van der Waals surface area (Å²) in [7, 11) is 0. The number of hydrogen-bond donors (Lipinski definition) is 3. The number of rotatable bonds is 7. The minimum Gasteiger partial charge on any atom is -0.383 e. The highest BCUT2D eigenvalue weighted by atomic mass is 19.4. The van der Waals surface area contributed by atoms with E-state index in [1.807, 2.05) is 4.68 Å². The van der Waals surface area contributed by atoms with Gasteiger partial charge in [0.2, 0.25) is 0 Å². The van der Waals surface area contributed by atoms with Crippen LogP contribution in [0.4, 0.5) is 24.8 Å². The van der Waals surface area contributed by atoms with E-state index in [1.54, 1.807) is 24.3 Å². The fourth-order valence-electron chi connectivity index (χ4n) is 5.18. The van der Waals surface area contributed by atoms with Crippen LogP contribution in [0.25, 0.3) is 22.3 Å². The summed E-state index contributed by atoms with van der Waals surface area (Å²) in [5.41, 5.74) is 13.2. The van der Waals surface area contributed by atoms with E-state index < -0.39 is 17.6 Å². The first-order valence-electron chi connectivity index (χ1n) is 12.4. The Kier molecular flexibility index (Phi) is 6.74. The van der Waals surface area contributed by atoms with Gasteiger partial charge in [0.15, 0.2) is 5.65 Å². The quantitative estimate of drug-likeness (QED) is 0.317. The van der Waals surface area contributed by atoms with Crippen LogP contribution in [0.2, 0.25) is 0 Å². The average Bonchev–Trinajstić information content (AvgIpc) is 3.54. The van der Waals surface area contributed by atoms with Gasteiger partial charge in [-0.3, -0.25) is 4.79 Å². The number of hydrogen-bond acceptors (Lipinski definition) is 7. The molecule has 1 fully saturated rings. The van der Waals surface area contributed by atoms with Crippen molar-refractivity contribution < 1.29 is 18.0 Å². The van der Waals surface area contributed by atoms with Gasteiger partial charge in [0.05, 0.1) is 16.5 Å². The van der Waals surface area contributed by atoms with Gasteiger partial charge in [0.1, 0.15) is 23.7 Å². The lowest BCUT2D eigenvalue weighted by atomic mass is 9.91. The summed E-state index contributed by atoms with van der Waals surface area (Å²) in [5.74, 6) is -0.475. The van der Waals surface area contributed by atoms with Crippen LogP contribution in [0.3, 0.4) is 0 Å². The molecule has 5 rings (SSSR count). The molecular formula is C26H27F3N8O. The molecule has 1 saturated carbocycles. The third kappa shape index (κ3) is 4.78. The highest BCUT2D eigenvalue weighted by Crippen LogP contribution is 2.43. The van der Waals surface area contributed by atoms with Crippen LogP contribution in [0.5, 0.6) is 0 Å². The van der Waals surface area contributed by atoms with Crippen molar-refractivity contribution in [3.63, 3.8) is 0 Å². The van der Waals surface area contributed by atoms with Crippen molar-refractivity contribution in [3.8, 4) is 11.3 Å². The number of nitrogens with two attached hydrogens (primary N) is 2. The molecule has 12 heteroatoms. The Morgan fingerprint density at radius 2 is 1.82 bits per heavy atom. The fourth-order valence-corrected chi connectivity index (χ4v) is 5.18. The smallest absolute Gasteiger partial charge is 0.383 e. The number of aromatic nitrogens is 5. The lowest BCUT2D eigenvalue weighted by Gasteiger charge is -2.30. The molecule has 1 aliphatic carbocycles. The molecule has 3 aromatic heterocycles. The number of amides is 1. The number of benzene rings is 1. The zero-order valence-corrected chi connectivity index (χ0v) is 20.5. The molecule has 38 heavy (non-hydrogen) atoms. The largest absolute Gasteiger partial charge is 0.416 e. The molecule has 5 N–H and O–H groups in total. The van der Waals surface area contributed by atoms with Crippen LogP contribution in [0, 0.1) is 0 Å². The van der Waals surface area contributed by atoms with Gasteiger partial charge in [-0.2, -0.15) is 18.3 Å². The summed E-state index contributed by atoms with van der Waals surface area (Å²) < 4.78 is 40.9. The molecule has 4 aromatic rings. The summed E-state index contributed by atoms with van der Waals surface area (Å²) in [6, 6.07) is 8.21. The Morgan fingerprint density at radius 3 is 2.50 bits per heavy atom.